The van der Waals surface area contributed by atoms with Crippen molar-refractivity contribution < 1.29 is 13.7 Å². The molecule has 1 unspecified atom stereocenters. The zero-order valence-corrected chi connectivity index (χ0v) is 20.1. The highest BCUT2D eigenvalue weighted by Gasteiger charge is 2.33. The second kappa shape index (κ2) is 8.90. The van der Waals surface area contributed by atoms with Crippen LogP contribution in [0, 0.1) is 0 Å². The van der Waals surface area contributed by atoms with Crippen LogP contribution in [-0.2, 0) is 14.5 Å². The van der Waals surface area contributed by atoms with Crippen molar-refractivity contribution >= 4 is 26.6 Å². The van der Waals surface area contributed by atoms with E-state index in [1.54, 1.807) is 7.05 Å². The Kier molecular flexibility index (Phi) is 5.96. The SMILES string of the molecule is CCOc1cc(-c2nc([C@H]3CCCS3(=O)=NC)cc(N3CCOC[C@H]3C)n2)c2cc[nH]c2n1. The first-order valence-corrected chi connectivity index (χ1v) is 13.2. The second-order valence-electron chi connectivity index (χ2n) is 8.48. The maximum Gasteiger partial charge on any atom is 0.215 e. The van der Waals surface area contributed by atoms with Gasteiger partial charge in [0.15, 0.2) is 5.82 Å². The molecule has 0 aromatic carbocycles. The molecule has 33 heavy (non-hydrogen) atoms. The molecular formula is C23H30N6O3S. The van der Waals surface area contributed by atoms with Gasteiger partial charge in [-0.3, -0.25) is 0 Å². The molecular weight excluding hydrogens is 440 g/mol. The molecule has 5 heterocycles. The minimum absolute atomic E-state index is 0.182. The number of nitrogens with zero attached hydrogens (tertiary/aromatic N) is 5. The molecule has 3 aromatic rings. The van der Waals surface area contributed by atoms with E-state index >= 15 is 0 Å². The van der Waals surface area contributed by atoms with E-state index in [1.807, 2.05) is 31.3 Å². The number of hydrogen-bond donors (Lipinski definition) is 1. The Balaban J connectivity index is 1.71. The molecule has 0 saturated carbocycles. The van der Waals surface area contributed by atoms with Gasteiger partial charge in [-0.05, 0) is 32.8 Å². The highest BCUT2D eigenvalue weighted by molar-refractivity contribution is 7.94. The minimum atomic E-state index is -2.35. The van der Waals surface area contributed by atoms with E-state index < -0.39 is 9.73 Å². The third-order valence-corrected chi connectivity index (χ3v) is 9.28. The number of aromatic amines is 1. The normalized spacial score (nSPS) is 25.5. The molecule has 5 rings (SSSR count). The Morgan fingerprint density at radius 1 is 1.33 bits per heavy atom. The van der Waals surface area contributed by atoms with E-state index in [1.165, 1.54) is 0 Å². The topological polar surface area (TPSA) is 106 Å². The van der Waals surface area contributed by atoms with Crippen LogP contribution >= 0.6 is 0 Å². The number of morpholine rings is 1. The number of hydrogen-bond acceptors (Lipinski definition) is 8. The van der Waals surface area contributed by atoms with Crippen molar-refractivity contribution in [1.29, 1.82) is 0 Å². The van der Waals surface area contributed by atoms with Gasteiger partial charge in [-0.1, -0.05) is 0 Å². The highest BCUT2D eigenvalue weighted by Crippen LogP contribution is 2.38. The van der Waals surface area contributed by atoms with E-state index in [4.69, 9.17) is 19.4 Å². The average molecular weight is 471 g/mol. The molecule has 0 spiro atoms. The average Bonchev–Trinajstić information content (AvgIpc) is 3.45. The van der Waals surface area contributed by atoms with Crippen molar-refractivity contribution in [3.63, 3.8) is 0 Å². The summed E-state index contributed by atoms with van der Waals surface area (Å²) >= 11 is 0. The number of rotatable bonds is 5. The van der Waals surface area contributed by atoms with Crippen LogP contribution in [-0.4, -0.2) is 69.4 Å². The third kappa shape index (κ3) is 4.06. The second-order valence-corrected chi connectivity index (χ2v) is 11.2. The maximum atomic E-state index is 13.5. The van der Waals surface area contributed by atoms with Gasteiger partial charge < -0.3 is 19.4 Å². The van der Waals surface area contributed by atoms with Gasteiger partial charge in [0.1, 0.15) is 11.5 Å². The number of fused-ring (bicyclic) bond motifs is 1. The molecule has 0 radical (unpaired) electrons. The fourth-order valence-electron chi connectivity index (χ4n) is 4.73. The predicted octanol–water partition coefficient (Wildman–Crippen LogP) is 3.58. The molecule has 9 nitrogen and oxygen atoms in total. The first kappa shape index (κ1) is 22.1. The van der Waals surface area contributed by atoms with E-state index in [0.29, 0.717) is 37.3 Å². The summed E-state index contributed by atoms with van der Waals surface area (Å²) in [6.45, 7) is 6.61. The first-order chi connectivity index (χ1) is 16.0. The monoisotopic (exact) mass is 470 g/mol. The van der Waals surface area contributed by atoms with E-state index in [-0.39, 0.29) is 11.3 Å². The van der Waals surface area contributed by atoms with Crippen molar-refractivity contribution in [2.45, 2.75) is 38.0 Å². The van der Waals surface area contributed by atoms with Crippen molar-refractivity contribution in [1.82, 2.24) is 19.9 Å². The van der Waals surface area contributed by atoms with Crippen molar-refractivity contribution in [2.24, 2.45) is 4.36 Å². The van der Waals surface area contributed by atoms with Gasteiger partial charge in [-0.15, -0.1) is 0 Å². The fourth-order valence-corrected chi connectivity index (χ4v) is 7.07. The highest BCUT2D eigenvalue weighted by atomic mass is 32.2. The third-order valence-electron chi connectivity index (χ3n) is 6.42. The smallest absolute Gasteiger partial charge is 0.215 e. The standard InChI is InChI=1S/C23H30N6O3S/c1-4-32-21-12-17(16-7-8-25-22(16)28-21)23-26-18(19-6-5-11-33(19,30)24-3)13-20(27-23)29-9-10-31-14-15(29)2/h7-8,12-13,15,19H,4-6,9-11,14H2,1-3H3,(H,25,28)/t15-,19-,33?/m1/s1. The molecule has 3 aromatic heterocycles. The summed E-state index contributed by atoms with van der Waals surface area (Å²) in [5.74, 6) is 2.54. The summed E-state index contributed by atoms with van der Waals surface area (Å²) in [7, 11) is -0.685. The summed E-state index contributed by atoms with van der Waals surface area (Å²) in [6, 6.07) is 6.05. The Morgan fingerprint density at radius 3 is 3.00 bits per heavy atom. The number of anilines is 1. The zero-order valence-electron chi connectivity index (χ0n) is 19.3. The first-order valence-electron chi connectivity index (χ1n) is 11.5. The molecule has 3 atom stereocenters. The molecule has 2 aliphatic rings. The summed E-state index contributed by atoms with van der Waals surface area (Å²) in [5.41, 5.74) is 2.35. The van der Waals surface area contributed by atoms with E-state index in [0.717, 1.165) is 47.5 Å². The van der Waals surface area contributed by atoms with Crippen molar-refractivity contribution in [3.8, 4) is 17.3 Å². The van der Waals surface area contributed by atoms with Crippen LogP contribution in [0.2, 0.25) is 0 Å². The molecule has 10 heteroatoms. The van der Waals surface area contributed by atoms with Gasteiger partial charge in [0.2, 0.25) is 5.88 Å². The Hall–Kier alpha value is -2.72. The van der Waals surface area contributed by atoms with Crippen LogP contribution in [0.4, 0.5) is 5.82 Å². The summed E-state index contributed by atoms with van der Waals surface area (Å²) in [5, 5.41) is 0.721. The molecule has 2 fully saturated rings. The lowest BCUT2D eigenvalue weighted by Crippen LogP contribution is -2.44. The minimum Gasteiger partial charge on any atom is -0.478 e. The lowest BCUT2D eigenvalue weighted by Gasteiger charge is -2.34. The summed E-state index contributed by atoms with van der Waals surface area (Å²) in [4.78, 5) is 19.9. The molecule has 2 saturated heterocycles. The van der Waals surface area contributed by atoms with Gasteiger partial charge in [0.25, 0.3) is 0 Å². The molecule has 1 N–H and O–H groups in total. The summed E-state index contributed by atoms with van der Waals surface area (Å²) in [6.07, 6.45) is 3.55. The van der Waals surface area contributed by atoms with Gasteiger partial charge in [0.05, 0.1) is 46.5 Å². The number of nitrogens with one attached hydrogen (secondary N) is 1. The van der Waals surface area contributed by atoms with Crippen LogP contribution in [0.15, 0.2) is 28.8 Å². The predicted molar refractivity (Wildman–Crippen MR) is 129 cm³/mol. The maximum absolute atomic E-state index is 13.5. The van der Waals surface area contributed by atoms with E-state index in [9.17, 15) is 4.21 Å². The molecule has 0 bridgehead atoms. The Bertz CT molecular complexity index is 1280. The van der Waals surface area contributed by atoms with Crippen LogP contribution in [0.25, 0.3) is 22.4 Å². The summed E-state index contributed by atoms with van der Waals surface area (Å²) < 4.78 is 29.2. The van der Waals surface area contributed by atoms with Crippen molar-refractivity contribution in [2.75, 3.05) is 44.1 Å². The van der Waals surface area contributed by atoms with Crippen LogP contribution < -0.4 is 9.64 Å². The molecule has 176 valence electrons. The van der Waals surface area contributed by atoms with Gasteiger partial charge in [-0.2, -0.15) is 4.98 Å². The van der Waals surface area contributed by atoms with Crippen molar-refractivity contribution in [3.05, 3.63) is 30.1 Å². The van der Waals surface area contributed by atoms with Gasteiger partial charge in [0, 0.05) is 48.6 Å². The van der Waals surface area contributed by atoms with Crippen LogP contribution in [0.3, 0.4) is 0 Å². The number of pyridine rings is 1. The number of H-pyrrole nitrogens is 1. The van der Waals surface area contributed by atoms with Gasteiger partial charge in [-0.25, -0.2) is 18.5 Å². The number of ether oxygens (including phenoxy) is 2. The molecule has 2 aliphatic heterocycles. The van der Waals surface area contributed by atoms with Crippen LogP contribution in [0.5, 0.6) is 5.88 Å². The Labute approximate surface area is 194 Å². The lowest BCUT2D eigenvalue weighted by molar-refractivity contribution is 0.0985. The number of aromatic nitrogens is 4. The molecule has 0 aliphatic carbocycles. The van der Waals surface area contributed by atoms with Crippen LogP contribution in [0.1, 0.15) is 37.6 Å². The molecule has 0 amide bonds. The quantitative estimate of drug-likeness (QED) is 0.607. The lowest BCUT2D eigenvalue weighted by atomic mass is 10.1. The van der Waals surface area contributed by atoms with E-state index in [2.05, 4.69) is 26.2 Å². The fraction of sp³-hybridized carbons (Fsp3) is 0.522. The Morgan fingerprint density at radius 2 is 2.21 bits per heavy atom. The largest absolute Gasteiger partial charge is 0.478 e. The van der Waals surface area contributed by atoms with Gasteiger partial charge >= 0.3 is 0 Å². The zero-order chi connectivity index (χ0) is 23.0.